The molecule has 2 aromatic rings. The molecule has 0 radical (unpaired) electrons. The van der Waals surface area contributed by atoms with Gasteiger partial charge in [0, 0.05) is 25.7 Å². The molecule has 0 fully saturated rings. The van der Waals surface area contributed by atoms with E-state index in [2.05, 4.69) is 0 Å². The van der Waals surface area contributed by atoms with Crippen molar-refractivity contribution in [1.29, 1.82) is 0 Å². The van der Waals surface area contributed by atoms with E-state index in [1.807, 2.05) is 0 Å². The van der Waals surface area contributed by atoms with Gasteiger partial charge in [-0.15, -0.1) is 0 Å². The maximum absolute atomic E-state index is 12.8. The highest BCUT2D eigenvalue weighted by Gasteiger charge is 2.24. The molecule has 128 valence electrons. The lowest BCUT2D eigenvalue weighted by atomic mass is 10.2. The monoisotopic (exact) mass is 369 g/mol. The highest BCUT2D eigenvalue weighted by Crippen LogP contribution is 2.33. The van der Waals surface area contributed by atoms with E-state index in [0.717, 1.165) is 0 Å². The van der Waals surface area contributed by atoms with Gasteiger partial charge in [-0.3, -0.25) is 4.79 Å². The van der Waals surface area contributed by atoms with Crippen LogP contribution in [0.15, 0.2) is 46.2 Å². The molecular weight excluding hydrogens is 354 g/mol. The smallest absolute Gasteiger partial charge is 0.253 e. The van der Waals surface area contributed by atoms with E-state index in [4.69, 9.17) is 16.3 Å². The first kappa shape index (κ1) is 18.1. The molecule has 0 aliphatic carbocycles. The molecule has 0 aliphatic heterocycles. The Morgan fingerprint density at radius 2 is 1.83 bits per heavy atom. The zero-order valence-electron chi connectivity index (χ0n) is 13.3. The van der Waals surface area contributed by atoms with Crippen LogP contribution in [0.3, 0.4) is 0 Å². The largest absolute Gasteiger partial charge is 0.504 e. The lowest BCUT2D eigenvalue weighted by molar-refractivity contribution is 0.0827. The summed E-state index contributed by atoms with van der Waals surface area (Å²) in [5.41, 5.74) is 0.203. The number of rotatable bonds is 4. The standard InChI is InChI=1S/C16H16ClNO5S/c1-18(2)16(20)10-4-6-12(17)15(8-10)24(21,22)11-5-7-13(19)14(9-11)23-3/h4-9,19H,1-3H3. The maximum atomic E-state index is 12.8. The number of halogens is 1. The summed E-state index contributed by atoms with van der Waals surface area (Å²) in [5, 5.41) is 9.61. The Morgan fingerprint density at radius 3 is 2.42 bits per heavy atom. The number of amides is 1. The number of sulfone groups is 1. The van der Waals surface area contributed by atoms with E-state index < -0.39 is 9.84 Å². The predicted octanol–water partition coefficient (Wildman–Crippen LogP) is 2.59. The molecule has 1 N–H and O–H groups in total. The fourth-order valence-electron chi connectivity index (χ4n) is 2.05. The molecule has 8 heteroatoms. The lowest BCUT2D eigenvalue weighted by Crippen LogP contribution is -2.22. The van der Waals surface area contributed by atoms with Gasteiger partial charge in [0.1, 0.15) is 0 Å². The number of hydrogen-bond acceptors (Lipinski definition) is 5. The summed E-state index contributed by atoms with van der Waals surface area (Å²) in [6, 6.07) is 7.71. The molecule has 1 amide bonds. The predicted molar refractivity (Wildman–Crippen MR) is 89.6 cm³/mol. The summed E-state index contributed by atoms with van der Waals surface area (Å²) in [6.45, 7) is 0. The summed E-state index contributed by atoms with van der Waals surface area (Å²) < 4.78 is 30.6. The van der Waals surface area contributed by atoms with Crippen molar-refractivity contribution in [1.82, 2.24) is 4.90 Å². The highest BCUT2D eigenvalue weighted by atomic mass is 35.5. The van der Waals surface area contributed by atoms with Crippen molar-refractivity contribution in [3.05, 3.63) is 47.0 Å². The first-order chi connectivity index (χ1) is 11.2. The number of hydrogen-bond donors (Lipinski definition) is 1. The minimum atomic E-state index is -3.99. The molecule has 0 atom stereocenters. The first-order valence-corrected chi connectivity index (χ1v) is 8.68. The van der Waals surface area contributed by atoms with Gasteiger partial charge < -0.3 is 14.7 Å². The number of ether oxygens (including phenoxy) is 1. The van der Waals surface area contributed by atoms with Crippen LogP contribution in [-0.2, 0) is 9.84 Å². The average molecular weight is 370 g/mol. The molecule has 24 heavy (non-hydrogen) atoms. The third-order valence-electron chi connectivity index (χ3n) is 3.34. The van der Waals surface area contributed by atoms with Crippen molar-refractivity contribution in [3.8, 4) is 11.5 Å². The van der Waals surface area contributed by atoms with E-state index in [-0.39, 0.29) is 37.8 Å². The van der Waals surface area contributed by atoms with E-state index in [1.54, 1.807) is 14.1 Å². The summed E-state index contributed by atoms with van der Waals surface area (Å²) in [7, 11) is 0.451. The summed E-state index contributed by atoms with van der Waals surface area (Å²) in [6.07, 6.45) is 0. The van der Waals surface area contributed by atoms with Crippen LogP contribution in [0.1, 0.15) is 10.4 Å². The van der Waals surface area contributed by atoms with Crippen molar-refractivity contribution in [2.75, 3.05) is 21.2 Å². The van der Waals surface area contributed by atoms with Crippen molar-refractivity contribution >= 4 is 27.3 Å². The SMILES string of the molecule is COc1cc(S(=O)(=O)c2cc(C(=O)N(C)C)ccc2Cl)ccc1O. The van der Waals surface area contributed by atoms with Crippen LogP contribution in [0, 0.1) is 0 Å². The van der Waals surface area contributed by atoms with Gasteiger partial charge in [0.15, 0.2) is 11.5 Å². The second-order valence-corrected chi connectivity index (χ2v) is 7.51. The number of carbonyl (C=O) groups excluding carboxylic acids is 1. The number of phenols is 1. The van der Waals surface area contributed by atoms with Crippen LogP contribution in [0.25, 0.3) is 0 Å². The van der Waals surface area contributed by atoms with Gasteiger partial charge in [-0.05, 0) is 30.3 Å². The second kappa shape index (κ2) is 6.70. The molecular formula is C16H16ClNO5S. The fourth-order valence-corrected chi connectivity index (χ4v) is 3.85. The van der Waals surface area contributed by atoms with Crippen LogP contribution in [0.2, 0.25) is 5.02 Å². The fraction of sp³-hybridized carbons (Fsp3) is 0.188. The number of carbonyl (C=O) groups is 1. The van der Waals surface area contributed by atoms with Crippen molar-refractivity contribution in [3.63, 3.8) is 0 Å². The van der Waals surface area contributed by atoms with E-state index in [9.17, 15) is 18.3 Å². The summed E-state index contributed by atoms with van der Waals surface area (Å²) >= 11 is 6.04. The topological polar surface area (TPSA) is 83.9 Å². The molecule has 6 nitrogen and oxygen atoms in total. The van der Waals surface area contributed by atoms with Gasteiger partial charge >= 0.3 is 0 Å². The first-order valence-electron chi connectivity index (χ1n) is 6.81. The Bertz CT molecular complexity index is 893. The van der Waals surface area contributed by atoms with Gasteiger partial charge in [-0.1, -0.05) is 11.6 Å². The van der Waals surface area contributed by atoms with Crippen LogP contribution in [0.5, 0.6) is 11.5 Å². The molecule has 0 aromatic heterocycles. The molecule has 0 saturated carbocycles. The van der Waals surface area contributed by atoms with Crippen LogP contribution in [0.4, 0.5) is 0 Å². The zero-order valence-corrected chi connectivity index (χ0v) is 14.9. The number of phenolic OH excluding ortho intramolecular Hbond substituents is 1. The quantitative estimate of drug-likeness (QED) is 0.895. The normalized spacial score (nSPS) is 11.2. The molecule has 0 saturated heterocycles. The Labute approximate surface area is 145 Å². The molecule has 0 unspecified atom stereocenters. The molecule has 2 aromatic carbocycles. The minimum Gasteiger partial charge on any atom is -0.504 e. The number of nitrogens with zero attached hydrogens (tertiary/aromatic N) is 1. The lowest BCUT2D eigenvalue weighted by Gasteiger charge is -2.13. The van der Waals surface area contributed by atoms with Crippen LogP contribution >= 0.6 is 11.6 Å². The molecule has 0 spiro atoms. The number of benzene rings is 2. The van der Waals surface area contributed by atoms with Gasteiger partial charge in [0.25, 0.3) is 5.91 Å². The maximum Gasteiger partial charge on any atom is 0.253 e. The Morgan fingerprint density at radius 1 is 1.17 bits per heavy atom. The second-order valence-electron chi connectivity index (χ2n) is 5.18. The zero-order chi connectivity index (χ0) is 18.1. The minimum absolute atomic E-state index is 0.00246. The number of aromatic hydroxyl groups is 1. The molecule has 0 heterocycles. The van der Waals surface area contributed by atoms with E-state index >= 15 is 0 Å². The molecule has 0 aliphatic rings. The van der Waals surface area contributed by atoms with Gasteiger partial charge in [-0.2, -0.15) is 0 Å². The van der Waals surface area contributed by atoms with Gasteiger partial charge in [-0.25, -0.2) is 8.42 Å². The summed E-state index contributed by atoms with van der Waals surface area (Å²) in [4.78, 5) is 13.1. The number of methoxy groups -OCH3 is 1. The van der Waals surface area contributed by atoms with E-state index in [1.165, 1.54) is 48.4 Å². The van der Waals surface area contributed by atoms with Gasteiger partial charge in [0.2, 0.25) is 9.84 Å². The van der Waals surface area contributed by atoms with Crippen LogP contribution in [-0.4, -0.2) is 45.5 Å². The summed E-state index contributed by atoms with van der Waals surface area (Å²) in [5.74, 6) is -0.502. The Hall–Kier alpha value is -2.25. The average Bonchev–Trinajstić information content (AvgIpc) is 2.54. The van der Waals surface area contributed by atoms with E-state index in [0.29, 0.717) is 0 Å². The highest BCUT2D eigenvalue weighted by molar-refractivity contribution is 7.91. The van der Waals surface area contributed by atoms with Crippen molar-refractivity contribution < 1.29 is 23.1 Å². The van der Waals surface area contributed by atoms with Crippen molar-refractivity contribution in [2.45, 2.75) is 9.79 Å². The van der Waals surface area contributed by atoms with Crippen LogP contribution < -0.4 is 4.74 Å². The molecule has 2 rings (SSSR count). The Kier molecular flexibility index (Phi) is 5.05. The Balaban J connectivity index is 2.61. The van der Waals surface area contributed by atoms with Gasteiger partial charge in [0.05, 0.1) is 21.9 Å². The van der Waals surface area contributed by atoms with Crippen molar-refractivity contribution in [2.24, 2.45) is 0 Å². The third-order valence-corrected chi connectivity index (χ3v) is 5.57. The third kappa shape index (κ3) is 3.32. The molecule has 0 bridgehead atoms.